The summed E-state index contributed by atoms with van der Waals surface area (Å²) in [5.41, 5.74) is 0.533. The number of anilines is 1. The summed E-state index contributed by atoms with van der Waals surface area (Å²) in [6.45, 7) is 2.38. The molecule has 0 N–H and O–H groups in total. The van der Waals surface area contributed by atoms with Gasteiger partial charge in [-0.1, -0.05) is 30.3 Å². The predicted octanol–water partition coefficient (Wildman–Crippen LogP) is 6.38. The quantitative estimate of drug-likeness (QED) is 0.321. The van der Waals surface area contributed by atoms with Gasteiger partial charge in [-0.05, 0) is 56.2 Å². The molecule has 0 spiro atoms. The van der Waals surface area contributed by atoms with Crippen LogP contribution in [0.2, 0.25) is 0 Å². The number of benzene rings is 1. The molecule has 3 unspecified atom stereocenters. The molecule has 0 amide bonds. The molecule has 1 saturated carbocycles. The van der Waals surface area contributed by atoms with Crippen LogP contribution in [0.25, 0.3) is 11.3 Å². The maximum Gasteiger partial charge on any atom is 0.417 e. The number of ether oxygens (including phenoxy) is 2. The van der Waals surface area contributed by atoms with E-state index in [0.29, 0.717) is 22.8 Å². The molecule has 7 nitrogen and oxygen atoms in total. The van der Waals surface area contributed by atoms with Crippen LogP contribution in [0, 0.1) is 5.92 Å². The number of rotatable bonds is 7. The summed E-state index contributed by atoms with van der Waals surface area (Å²) >= 11 is 0. The van der Waals surface area contributed by atoms with Gasteiger partial charge in [0.1, 0.15) is 17.3 Å². The largest absolute Gasteiger partial charge is 0.465 e. The molecule has 4 heterocycles. The van der Waals surface area contributed by atoms with Gasteiger partial charge in [0.05, 0.1) is 30.9 Å². The van der Waals surface area contributed by atoms with Gasteiger partial charge in [0, 0.05) is 35.3 Å². The Morgan fingerprint density at radius 3 is 2.59 bits per heavy atom. The third-order valence-electron chi connectivity index (χ3n) is 8.24. The standard InChI is InChI=1S/C29H30F3N3O4/c1-16-11-19-12-20(13-24(16)35(19)25-10-9-18(14-33-25)28(36)37-2)38-15-22-26(34-39-27(22)17-7-8-17)21-5-3-4-6-23(21)29(30,31)32/h3-6,9-10,14,16-17,19-20,24H,7-8,11-13,15H2,1-2H3/t16-,19?,20?,24?/m1/s1. The summed E-state index contributed by atoms with van der Waals surface area (Å²) in [4.78, 5) is 18.7. The van der Waals surface area contributed by atoms with Crippen molar-refractivity contribution in [2.75, 3.05) is 12.0 Å². The van der Waals surface area contributed by atoms with Crippen LogP contribution in [0.15, 0.2) is 47.1 Å². The maximum atomic E-state index is 13.8. The summed E-state index contributed by atoms with van der Waals surface area (Å²) in [7, 11) is 1.34. The van der Waals surface area contributed by atoms with Crippen LogP contribution in [0.5, 0.6) is 0 Å². The highest BCUT2D eigenvalue weighted by Gasteiger charge is 2.46. The van der Waals surface area contributed by atoms with E-state index >= 15 is 0 Å². The molecule has 206 valence electrons. The Bertz CT molecular complexity index is 1350. The van der Waals surface area contributed by atoms with Crippen LogP contribution < -0.4 is 4.90 Å². The number of halogens is 3. The van der Waals surface area contributed by atoms with E-state index in [4.69, 9.17) is 14.0 Å². The van der Waals surface area contributed by atoms with E-state index in [1.54, 1.807) is 18.3 Å². The van der Waals surface area contributed by atoms with Gasteiger partial charge >= 0.3 is 12.1 Å². The molecule has 2 aliphatic heterocycles. The Hall–Kier alpha value is -3.40. The van der Waals surface area contributed by atoms with Crippen molar-refractivity contribution in [2.45, 2.75) is 75.9 Å². The van der Waals surface area contributed by atoms with Crippen molar-refractivity contribution in [3.63, 3.8) is 0 Å². The van der Waals surface area contributed by atoms with Gasteiger partial charge in [0.15, 0.2) is 0 Å². The van der Waals surface area contributed by atoms with E-state index in [0.717, 1.165) is 44.0 Å². The molecule has 0 radical (unpaired) electrons. The SMILES string of the molecule is COC(=O)c1ccc(N2C3CC(OCc4c(-c5ccccc5C(F)(F)F)noc4C4CC4)CC2[C@H](C)C3)nc1. The lowest BCUT2D eigenvalue weighted by molar-refractivity contribution is -0.137. The smallest absolute Gasteiger partial charge is 0.417 e. The highest BCUT2D eigenvalue weighted by Crippen LogP contribution is 2.47. The van der Waals surface area contributed by atoms with Crippen LogP contribution in [0.4, 0.5) is 19.0 Å². The highest BCUT2D eigenvalue weighted by atomic mass is 19.4. The minimum Gasteiger partial charge on any atom is -0.465 e. The molecule has 4 atom stereocenters. The molecule has 1 aliphatic carbocycles. The maximum absolute atomic E-state index is 13.8. The topological polar surface area (TPSA) is 77.7 Å². The number of carbonyl (C=O) groups excluding carboxylic acids is 1. The number of piperidine rings is 1. The first-order valence-electron chi connectivity index (χ1n) is 13.3. The van der Waals surface area contributed by atoms with Gasteiger partial charge in [-0.2, -0.15) is 13.2 Å². The lowest BCUT2D eigenvalue weighted by Crippen LogP contribution is -2.47. The zero-order valence-electron chi connectivity index (χ0n) is 21.8. The zero-order chi connectivity index (χ0) is 27.3. The Balaban J connectivity index is 1.21. The summed E-state index contributed by atoms with van der Waals surface area (Å²) in [6.07, 6.45) is 1.40. The number of hydrogen-bond acceptors (Lipinski definition) is 7. The Kier molecular flexibility index (Phi) is 6.61. The average Bonchev–Trinajstić information content (AvgIpc) is 3.65. The van der Waals surface area contributed by atoms with E-state index in [1.165, 1.54) is 19.2 Å². The molecule has 10 heteroatoms. The second-order valence-electron chi connectivity index (χ2n) is 10.8. The van der Waals surface area contributed by atoms with Crippen molar-refractivity contribution >= 4 is 11.8 Å². The number of fused-ring (bicyclic) bond motifs is 2. The van der Waals surface area contributed by atoms with Crippen molar-refractivity contribution in [3.8, 4) is 11.3 Å². The number of methoxy groups -OCH3 is 1. The number of carbonyl (C=O) groups is 1. The van der Waals surface area contributed by atoms with Gasteiger partial charge in [-0.15, -0.1) is 0 Å². The summed E-state index contributed by atoms with van der Waals surface area (Å²) in [5.74, 6) is 1.65. The third-order valence-corrected chi connectivity index (χ3v) is 8.24. The van der Waals surface area contributed by atoms with Gasteiger partial charge < -0.3 is 18.9 Å². The fourth-order valence-corrected chi connectivity index (χ4v) is 6.22. The summed E-state index contributed by atoms with van der Waals surface area (Å²) < 4.78 is 58.2. The van der Waals surface area contributed by atoms with E-state index in [-0.39, 0.29) is 42.0 Å². The second-order valence-corrected chi connectivity index (χ2v) is 10.8. The number of hydrogen-bond donors (Lipinski definition) is 0. The predicted molar refractivity (Wildman–Crippen MR) is 136 cm³/mol. The van der Waals surface area contributed by atoms with E-state index in [9.17, 15) is 18.0 Å². The number of pyridine rings is 1. The monoisotopic (exact) mass is 541 g/mol. The fraction of sp³-hybridized carbons (Fsp3) is 0.483. The zero-order valence-corrected chi connectivity index (χ0v) is 21.8. The number of aromatic nitrogens is 2. The Morgan fingerprint density at radius 1 is 1.13 bits per heavy atom. The van der Waals surface area contributed by atoms with Crippen molar-refractivity contribution in [1.29, 1.82) is 0 Å². The molecule has 1 aromatic carbocycles. The first-order chi connectivity index (χ1) is 18.7. The van der Waals surface area contributed by atoms with Crippen molar-refractivity contribution in [2.24, 2.45) is 5.92 Å². The van der Waals surface area contributed by atoms with Crippen LogP contribution in [0.3, 0.4) is 0 Å². The minimum absolute atomic E-state index is 0.0178. The molecule has 3 fully saturated rings. The lowest BCUT2D eigenvalue weighted by Gasteiger charge is -2.40. The van der Waals surface area contributed by atoms with Crippen molar-refractivity contribution in [1.82, 2.24) is 10.1 Å². The van der Waals surface area contributed by atoms with E-state index in [2.05, 4.69) is 22.0 Å². The number of nitrogens with zero attached hydrogens (tertiary/aromatic N) is 3. The minimum atomic E-state index is -4.50. The van der Waals surface area contributed by atoms with Crippen LogP contribution in [0.1, 0.15) is 72.2 Å². The van der Waals surface area contributed by atoms with Crippen LogP contribution in [-0.4, -0.2) is 41.4 Å². The second kappa shape index (κ2) is 9.97. The molecule has 2 bridgehead atoms. The molecule has 6 rings (SSSR count). The summed E-state index contributed by atoms with van der Waals surface area (Å²) in [5, 5.41) is 4.11. The molecule has 3 aliphatic rings. The van der Waals surface area contributed by atoms with Gasteiger partial charge in [-0.3, -0.25) is 0 Å². The first-order valence-corrected chi connectivity index (χ1v) is 13.3. The van der Waals surface area contributed by atoms with E-state index < -0.39 is 17.7 Å². The summed E-state index contributed by atoms with van der Waals surface area (Å²) in [6, 6.07) is 9.50. The third kappa shape index (κ3) is 4.90. The number of alkyl halides is 3. The van der Waals surface area contributed by atoms with Crippen LogP contribution >= 0.6 is 0 Å². The lowest BCUT2D eigenvalue weighted by atomic mass is 9.96. The Labute approximate surface area is 224 Å². The van der Waals surface area contributed by atoms with Crippen LogP contribution in [-0.2, 0) is 22.3 Å². The molecule has 2 saturated heterocycles. The average molecular weight is 542 g/mol. The normalized spacial score (nSPS) is 24.7. The van der Waals surface area contributed by atoms with E-state index in [1.807, 2.05) is 6.07 Å². The molecular weight excluding hydrogens is 511 g/mol. The molecule has 39 heavy (non-hydrogen) atoms. The molecular formula is C29H30F3N3O4. The van der Waals surface area contributed by atoms with Crippen molar-refractivity contribution < 1.29 is 32.0 Å². The van der Waals surface area contributed by atoms with Gasteiger partial charge in [0.25, 0.3) is 0 Å². The molecule has 3 aromatic rings. The molecule has 2 aromatic heterocycles. The Morgan fingerprint density at radius 2 is 1.92 bits per heavy atom. The number of esters is 1. The fourth-order valence-electron chi connectivity index (χ4n) is 6.22. The van der Waals surface area contributed by atoms with Gasteiger partial charge in [-0.25, -0.2) is 9.78 Å². The van der Waals surface area contributed by atoms with Crippen molar-refractivity contribution in [3.05, 3.63) is 65.0 Å². The van der Waals surface area contributed by atoms with Gasteiger partial charge in [0.2, 0.25) is 0 Å². The first kappa shape index (κ1) is 25.9. The highest BCUT2D eigenvalue weighted by molar-refractivity contribution is 5.89.